The lowest BCUT2D eigenvalue weighted by atomic mass is 9.68. The van der Waals surface area contributed by atoms with Crippen LogP contribution in [0.3, 0.4) is 0 Å². The number of piperidine rings is 2. The molecule has 0 unspecified atom stereocenters. The van der Waals surface area contributed by atoms with Gasteiger partial charge in [0.2, 0.25) is 11.8 Å². The van der Waals surface area contributed by atoms with Gasteiger partial charge in [0.05, 0.1) is 24.8 Å². The van der Waals surface area contributed by atoms with Gasteiger partial charge in [0.15, 0.2) is 4.96 Å². The number of aromatic nitrogens is 2. The van der Waals surface area contributed by atoms with Crippen LogP contribution in [0.25, 0.3) is 4.96 Å². The third kappa shape index (κ3) is 3.03. The van der Waals surface area contributed by atoms with Gasteiger partial charge in [0.25, 0.3) is 0 Å². The van der Waals surface area contributed by atoms with Crippen LogP contribution in [-0.2, 0) is 16.0 Å². The number of aliphatic hydroxyl groups excluding tert-OH is 1. The van der Waals surface area contributed by atoms with Crippen molar-refractivity contribution >= 4 is 28.1 Å². The zero-order valence-corrected chi connectivity index (χ0v) is 16.7. The summed E-state index contributed by atoms with van der Waals surface area (Å²) in [5.41, 5.74) is 0.502. The normalized spacial score (nSPS) is 27.8. The highest BCUT2D eigenvalue weighted by atomic mass is 32.1. The van der Waals surface area contributed by atoms with E-state index in [1.165, 1.54) is 0 Å². The van der Waals surface area contributed by atoms with Crippen molar-refractivity contribution in [3.63, 3.8) is 0 Å². The van der Waals surface area contributed by atoms with Crippen LogP contribution < -0.4 is 0 Å². The van der Waals surface area contributed by atoms with Crippen molar-refractivity contribution in [1.29, 1.82) is 0 Å². The van der Waals surface area contributed by atoms with Crippen molar-refractivity contribution in [1.82, 2.24) is 19.2 Å². The summed E-state index contributed by atoms with van der Waals surface area (Å²) >= 11 is 1.55. The average molecular weight is 403 g/mol. The minimum absolute atomic E-state index is 0.0500. The van der Waals surface area contributed by atoms with Crippen LogP contribution in [0.15, 0.2) is 17.8 Å². The van der Waals surface area contributed by atoms with E-state index >= 15 is 0 Å². The number of carbonyl (C=O) groups is 2. The number of fused-ring (bicyclic) bond motifs is 2. The summed E-state index contributed by atoms with van der Waals surface area (Å²) in [6.45, 7) is 2.03. The van der Waals surface area contributed by atoms with Crippen molar-refractivity contribution in [3.8, 4) is 0 Å². The van der Waals surface area contributed by atoms with Crippen LogP contribution in [-0.4, -0.2) is 68.4 Å². The summed E-state index contributed by atoms with van der Waals surface area (Å²) in [6.07, 6.45) is 8.70. The molecule has 0 radical (unpaired) electrons. The highest BCUT2D eigenvalue weighted by Gasteiger charge is 2.50. The van der Waals surface area contributed by atoms with E-state index in [1.54, 1.807) is 11.3 Å². The van der Waals surface area contributed by atoms with E-state index in [0.717, 1.165) is 42.8 Å². The van der Waals surface area contributed by atoms with E-state index in [2.05, 4.69) is 4.98 Å². The van der Waals surface area contributed by atoms with E-state index in [0.29, 0.717) is 19.6 Å². The number of rotatable bonds is 4. The van der Waals surface area contributed by atoms with Crippen LogP contribution >= 0.6 is 11.3 Å². The Labute approximate surface area is 168 Å². The SMILES string of the molecule is O=C(C1CC1)N1CC[C@]2(CO)CCCN(C(=O)Cc3cn4ccsc4n3)[C@H]2C1. The van der Waals surface area contributed by atoms with Crippen LogP contribution in [0.1, 0.15) is 37.8 Å². The highest BCUT2D eigenvalue weighted by molar-refractivity contribution is 7.15. The van der Waals surface area contributed by atoms with Crippen LogP contribution in [0.5, 0.6) is 0 Å². The number of hydrogen-bond donors (Lipinski definition) is 1. The quantitative estimate of drug-likeness (QED) is 0.842. The minimum Gasteiger partial charge on any atom is -0.396 e. The lowest BCUT2D eigenvalue weighted by Gasteiger charge is -2.54. The van der Waals surface area contributed by atoms with Gasteiger partial charge in [-0.15, -0.1) is 11.3 Å². The predicted molar refractivity (Wildman–Crippen MR) is 105 cm³/mol. The van der Waals surface area contributed by atoms with Gasteiger partial charge in [-0.25, -0.2) is 4.98 Å². The van der Waals surface area contributed by atoms with Crippen molar-refractivity contribution < 1.29 is 14.7 Å². The second-order valence-corrected chi connectivity index (χ2v) is 9.41. The molecule has 2 atom stereocenters. The Balaban J connectivity index is 1.36. The molecule has 0 spiro atoms. The van der Waals surface area contributed by atoms with Crippen LogP contribution in [0, 0.1) is 11.3 Å². The zero-order chi connectivity index (χ0) is 19.3. The smallest absolute Gasteiger partial charge is 0.228 e. The number of thiazole rings is 1. The first-order chi connectivity index (χ1) is 13.6. The van der Waals surface area contributed by atoms with Gasteiger partial charge in [-0.2, -0.15) is 0 Å². The van der Waals surface area contributed by atoms with Crippen molar-refractivity contribution in [2.45, 2.75) is 44.6 Å². The number of aliphatic hydroxyl groups is 1. The Hall–Kier alpha value is -1.93. The maximum atomic E-state index is 13.2. The zero-order valence-electron chi connectivity index (χ0n) is 15.9. The van der Waals surface area contributed by atoms with E-state index in [-0.39, 0.29) is 42.2 Å². The van der Waals surface area contributed by atoms with Crippen molar-refractivity contribution in [2.75, 3.05) is 26.2 Å². The fraction of sp³-hybridized carbons (Fsp3) is 0.650. The summed E-state index contributed by atoms with van der Waals surface area (Å²) < 4.78 is 1.94. The fourth-order valence-corrected chi connectivity index (χ4v) is 5.68. The average Bonchev–Trinajstić information content (AvgIpc) is 3.36. The molecule has 2 aromatic heterocycles. The monoisotopic (exact) mass is 402 g/mol. The summed E-state index contributed by atoms with van der Waals surface area (Å²) in [6, 6.07) is -0.0982. The molecule has 2 amide bonds. The number of likely N-dealkylation sites (tertiary alicyclic amines) is 2. The molecule has 4 heterocycles. The number of nitrogens with zero attached hydrogens (tertiary/aromatic N) is 4. The summed E-state index contributed by atoms with van der Waals surface area (Å²) in [7, 11) is 0. The molecule has 1 aliphatic carbocycles. The molecular weight excluding hydrogens is 376 g/mol. The molecule has 1 N–H and O–H groups in total. The largest absolute Gasteiger partial charge is 0.396 e. The Morgan fingerprint density at radius 1 is 1.29 bits per heavy atom. The Morgan fingerprint density at radius 3 is 2.89 bits per heavy atom. The number of carbonyl (C=O) groups excluding carboxylic acids is 2. The summed E-state index contributed by atoms with van der Waals surface area (Å²) in [5, 5.41) is 12.2. The Morgan fingerprint density at radius 2 is 2.14 bits per heavy atom. The Kier molecular flexibility index (Phi) is 4.43. The van der Waals surface area contributed by atoms with Gasteiger partial charge in [0.1, 0.15) is 0 Å². The molecule has 2 aliphatic heterocycles. The van der Waals surface area contributed by atoms with Crippen LogP contribution in [0.4, 0.5) is 0 Å². The van der Waals surface area contributed by atoms with Gasteiger partial charge < -0.3 is 14.9 Å². The third-order valence-electron chi connectivity index (χ3n) is 6.78. The maximum absolute atomic E-state index is 13.2. The van der Waals surface area contributed by atoms with Gasteiger partial charge >= 0.3 is 0 Å². The molecule has 8 heteroatoms. The standard InChI is InChI=1S/C20H26N4O3S/c25-13-20-4-1-6-24(16(20)12-22(7-5-20)18(27)14-2-3-14)17(26)10-15-11-23-8-9-28-19(23)21-15/h8-9,11,14,16,25H,1-7,10,12-13H2/t16-,20-/m0/s1. The minimum atomic E-state index is -0.275. The summed E-state index contributed by atoms with van der Waals surface area (Å²) in [4.78, 5) is 35.1. The molecule has 1 saturated carbocycles. The second kappa shape index (κ2) is 6.84. The Bertz CT molecular complexity index is 876. The third-order valence-corrected chi connectivity index (χ3v) is 7.55. The topological polar surface area (TPSA) is 78.2 Å². The molecule has 5 rings (SSSR count). The van der Waals surface area contributed by atoms with Gasteiger partial charge in [-0.1, -0.05) is 0 Å². The van der Waals surface area contributed by atoms with Gasteiger partial charge in [-0.3, -0.25) is 14.0 Å². The lowest BCUT2D eigenvalue weighted by Crippen LogP contribution is -2.64. The first kappa shape index (κ1) is 18.1. The molecule has 150 valence electrons. The first-order valence-electron chi connectivity index (χ1n) is 10.2. The molecule has 3 aliphatic rings. The number of hydrogen-bond acceptors (Lipinski definition) is 5. The van der Waals surface area contributed by atoms with Gasteiger partial charge in [0, 0.05) is 48.7 Å². The number of amides is 2. The van der Waals surface area contributed by atoms with E-state index in [4.69, 9.17) is 0 Å². The molecule has 2 saturated heterocycles. The van der Waals surface area contributed by atoms with E-state index < -0.39 is 0 Å². The lowest BCUT2D eigenvalue weighted by molar-refractivity contribution is -0.153. The van der Waals surface area contributed by atoms with Crippen molar-refractivity contribution in [3.05, 3.63) is 23.5 Å². The molecular formula is C20H26N4O3S. The van der Waals surface area contributed by atoms with E-state index in [9.17, 15) is 14.7 Å². The maximum Gasteiger partial charge on any atom is 0.228 e. The molecule has 3 fully saturated rings. The molecule has 7 nitrogen and oxygen atoms in total. The first-order valence-corrected chi connectivity index (χ1v) is 11.1. The molecule has 2 aromatic rings. The molecule has 0 bridgehead atoms. The number of imidazole rings is 1. The second-order valence-electron chi connectivity index (χ2n) is 8.54. The predicted octanol–water partition coefficient (Wildman–Crippen LogP) is 1.55. The molecule has 28 heavy (non-hydrogen) atoms. The summed E-state index contributed by atoms with van der Waals surface area (Å²) in [5.74, 6) is 0.473. The molecule has 0 aromatic carbocycles. The van der Waals surface area contributed by atoms with Crippen molar-refractivity contribution in [2.24, 2.45) is 11.3 Å². The van der Waals surface area contributed by atoms with E-state index in [1.807, 2.05) is 32.0 Å². The highest BCUT2D eigenvalue weighted by Crippen LogP contribution is 2.43. The fourth-order valence-electron chi connectivity index (χ4n) is 4.96. The van der Waals surface area contributed by atoms with Crippen LogP contribution in [0.2, 0.25) is 0 Å². The van der Waals surface area contributed by atoms with Gasteiger partial charge in [-0.05, 0) is 32.1 Å².